The molecule has 124 valence electrons. The van der Waals surface area contributed by atoms with Gasteiger partial charge in [0, 0.05) is 25.4 Å². The number of carbonyl (C=O) groups is 1. The summed E-state index contributed by atoms with van der Waals surface area (Å²) in [5.74, 6) is 1.93. The fraction of sp³-hybridized carbons (Fsp3) is 0.409. The van der Waals surface area contributed by atoms with Crippen LogP contribution in [0, 0.1) is 11.8 Å². The first-order valence-electron chi connectivity index (χ1n) is 9.13. The highest BCUT2D eigenvalue weighted by molar-refractivity contribution is 5.77. The van der Waals surface area contributed by atoms with Crippen LogP contribution in [-0.2, 0) is 11.3 Å². The van der Waals surface area contributed by atoms with Gasteiger partial charge in [-0.15, -0.1) is 0 Å². The maximum atomic E-state index is 12.9. The van der Waals surface area contributed by atoms with Crippen molar-refractivity contribution in [1.29, 1.82) is 0 Å². The lowest BCUT2D eigenvalue weighted by Crippen LogP contribution is -2.39. The van der Waals surface area contributed by atoms with Gasteiger partial charge in [-0.2, -0.15) is 0 Å². The predicted octanol–water partition coefficient (Wildman–Crippen LogP) is 4.60. The molecular weight excluding hydrogens is 294 g/mol. The Morgan fingerprint density at radius 2 is 1.79 bits per heavy atom. The molecule has 1 aliphatic heterocycles. The second-order valence-electron chi connectivity index (χ2n) is 7.46. The van der Waals surface area contributed by atoms with Gasteiger partial charge in [0.05, 0.1) is 0 Å². The molecule has 0 bridgehead atoms. The second kappa shape index (κ2) is 6.43. The van der Waals surface area contributed by atoms with E-state index in [0.29, 0.717) is 18.2 Å². The standard InChI is InChI=1S/C22H25NO/c1-16(17-11-12-17)13-22(24)23-14-19-9-5-6-10-20(19)21(15-23)18-7-3-2-4-8-18/h2-10,16-17,21H,11-15H2,1H3/t16-,21+/m0/s1. The summed E-state index contributed by atoms with van der Waals surface area (Å²) in [6.45, 7) is 3.80. The molecule has 2 aliphatic rings. The van der Waals surface area contributed by atoms with E-state index >= 15 is 0 Å². The smallest absolute Gasteiger partial charge is 0.223 e. The molecule has 0 spiro atoms. The fourth-order valence-electron chi connectivity index (χ4n) is 4.00. The summed E-state index contributed by atoms with van der Waals surface area (Å²) >= 11 is 0. The van der Waals surface area contributed by atoms with Crippen molar-refractivity contribution in [3.05, 3.63) is 71.3 Å². The third-order valence-corrected chi connectivity index (χ3v) is 5.67. The quantitative estimate of drug-likeness (QED) is 0.806. The minimum absolute atomic E-state index is 0.288. The number of carbonyl (C=O) groups excluding carboxylic acids is 1. The summed E-state index contributed by atoms with van der Waals surface area (Å²) in [7, 11) is 0. The highest BCUT2D eigenvalue weighted by Crippen LogP contribution is 2.39. The molecule has 0 radical (unpaired) electrons. The average Bonchev–Trinajstić information content (AvgIpc) is 3.46. The van der Waals surface area contributed by atoms with E-state index in [0.717, 1.165) is 19.0 Å². The molecule has 1 saturated carbocycles. The van der Waals surface area contributed by atoms with Crippen LogP contribution in [0.15, 0.2) is 54.6 Å². The molecule has 0 unspecified atom stereocenters. The lowest BCUT2D eigenvalue weighted by molar-refractivity contribution is -0.133. The van der Waals surface area contributed by atoms with Gasteiger partial charge < -0.3 is 4.90 Å². The monoisotopic (exact) mass is 319 g/mol. The van der Waals surface area contributed by atoms with E-state index in [4.69, 9.17) is 0 Å². The first-order chi connectivity index (χ1) is 11.7. The van der Waals surface area contributed by atoms with Crippen molar-refractivity contribution in [3.8, 4) is 0 Å². The van der Waals surface area contributed by atoms with Gasteiger partial charge in [-0.25, -0.2) is 0 Å². The summed E-state index contributed by atoms with van der Waals surface area (Å²) in [4.78, 5) is 14.9. The normalized spacial score (nSPS) is 21.2. The Labute approximate surface area is 144 Å². The van der Waals surface area contributed by atoms with Gasteiger partial charge in [0.25, 0.3) is 0 Å². The summed E-state index contributed by atoms with van der Waals surface area (Å²) in [5, 5.41) is 0. The Kier molecular flexibility index (Phi) is 4.13. The zero-order valence-electron chi connectivity index (χ0n) is 14.3. The highest BCUT2D eigenvalue weighted by atomic mass is 16.2. The van der Waals surface area contributed by atoms with Crippen molar-refractivity contribution in [2.75, 3.05) is 6.54 Å². The molecule has 2 nitrogen and oxygen atoms in total. The summed E-state index contributed by atoms with van der Waals surface area (Å²) in [6, 6.07) is 19.2. The molecule has 1 heterocycles. The molecule has 2 aromatic rings. The van der Waals surface area contributed by atoms with E-state index in [-0.39, 0.29) is 5.92 Å². The second-order valence-corrected chi connectivity index (χ2v) is 7.46. The molecule has 0 saturated heterocycles. The summed E-state index contributed by atoms with van der Waals surface area (Å²) in [5.41, 5.74) is 3.98. The molecule has 2 aromatic carbocycles. The van der Waals surface area contributed by atoms with Crippen LogP contribution in [0.2, 0.25) is 0 Å². The van der Waals surface area contributed by atoms with Crippen molar-refractivity contribution in [2.24, 2.45) is 11.8 Å². The number of hydrogen-bond donors (Lipinski definition) is 0. The van der Waals surface area contributed by atoms with E-state index < -0.39 is 0 Å². The maximum absolute atomic E-state index is 12.9. The van der Waals surface area contributed by atoms with E-state index in [9.17, 15) is 4.79 Å². The van der Waals surface area contributed by atoms with Gasteiger partial charge in [0.1, 0.15) is 0 Å². The Hall–Kier alpha value is -2.09. The van der Waals surface area contributed by atoms with Gasteiger partial charge in [-0.05, 0) is 41.4 Å². The van der Waals surface area contributed by atoms with E-state index in [2.05, 4.69) is 66.4 Å². The zero-order chi connectivity index (χ0) is 16.5. The third-order valence-electron chi connectivity index (χ3n) is 5.67. The number of benzene rings is 2. The number of amides is 1. The van der Waals surface area contributed by atoms with Gasteiger partial charge in [-0.3, -0.25) is 4.79 Å². The largest absolute Gasteiger partial charge is 0.337 e. The van der Waals surface area contributed by atoms with Gasteiger partial charge in [0.15, 0.2) is 0 Å². The van der Waals surface area contributed by atoms with Crippen LogP contribution in [0.3, 0.4) is 0 Å². The van der Waals surface area contributed by atoms with Crippen molar-refractivity contribution in [3.63, 3.8) is 0 Å². The SMILES string of the molecule is C[C@@H](CC(=O)N1Cc2ccccc2[C@@H](c2ccccc2)C1)C1CC1. The lowest BCUT2D eigenvalue weighted by Gasteiger charge is -2.35. The van der Waals surface area contributed by atoms with Crippen LogP contribution in [0.5, 0.6) is 0 Å². The average molecular weight is 319 g/mol. The molecule has 2 heteroatoms. The minimum atomic E-state index is 0.288. The lowest BCUT2D eigenvalue weighted by atomic mass is 9.84. The van der Waals surface area contributed by atoms with Crippen LogP contribution in [0.1, 0.15) is 48.8 Å². The first kappa shape index (κ1) is 15.4. The van der Waals surface area contributed by atoms with E-state index in [1.807, 2.05) is 0 Å². The third kappa shape index (κ3) is 3.10. The minimum Gasteiger partial charge on any atom is -0.337 e. The van der Waals surface area contributed by atoms with Gasteiger partial charge >= 0.3 is 0 Å². The highest BCUT2D eigenvalue weighted by Gasteiger charge is 2.33. The van der Waals surface area contributed by atoms with Crippen LogP contribution in [-0.4, -0.2) is 17.4 Å². The van der Waals surface area contributed by atoms with Gasteiger partial charge in [-0.1, -0.05) is 61.5 Å². The Morgan fingerprint density at radius 1 is 1.08 bits per heavy atom. The zero-order valence-corrected chi connectivity index (χ0v) is 14.3. The maximum Gasteiger partial charge on any atom is 0.223 e. The molecule has 0 aromatic heterocycles. The van der Waals surface area contributed by atoms with E-state index in [1.54, 1.807) is 0 Å². The van der Waals surface area contributed by atoms with Crippen molar-refractivity contribution < 1.29 is 4.79 Å². The van der Waals surface area contributed by atoms with Crippen LogP contribution < -0.4 is 0 Å². The molecule has 1 fully saturated rings. The molecule has 1 aliphatic carbocycles. The van der Waals surface area contributed by atoms with Crippen molar-refractivity contribution in [1.82, 2.24) is 4.90 Å². The van der Waals surface area contributed by atoms with Crippen molar-refractivity contribution in [2.45, 2.75) is 38.6 Å². The molecule has 1 amide bonds. The van der Waals surface area contributed by atoms with Crippen LogP contribution >= 0.6 is 0 Å². The molecule has 2 atom stereocenters. The number of fused-ring (bicyclic) bond motifs is 1. The van der Waals surface area contributed by atoms with Crippen LogP contribution in [0.4, 0.5) is 0 Å². The first-order valence-corrected chi connectivity index (χ1v) is 9.13. The summed E-state index contributed by atoms with van der Waals surface area (Å²) in [6.07, 6.45) is 3.32. The summed E-state index contributed by atoms with van der Waals surface area (Å²) < 4.78 is 0. The number of rotatable bonds is 4. The van der Waals surface area contributed by atoms with Crippen molar-refractivity contribution >= 4 is 5.91 Å². The van der Waals surface area contributed by atoms with E-state index in [1.165, 1.54) is 29.5 Å². The molecule has 0 N–H and O–H groups in total. The topological polar surface area (TPSA) is 20.3 Å². The van der Waals surface area contributed by atoms with Crippen LogP contribution in [0.25, 0.3) is 0 Å². The number of hydrogen-bond acceptors (Lipinski definition) is 1. The molecule has 4 rings (SSSR count). The fourth-order valence-corrected chi connectivity index (χ4v) is 4.00. The molecule has 24 heavy (non-hydrogen) atoms. The number of nitrogens with zero attached hydrogens (tertiary/aromatic N) is 1. The molecular formula is C22H25NO. The predicted molar refractivity (Wildman–Crippen MR) is 96.6 cm³/mol. The Bertz CT molecular complexity index is 720. The van der Waals surface area contributed by atoms with Gasteiger partial charge in [0.2, 0.25) is 5.91 Å². The Morgan fingerprint density at radius 3 is 2.54 bits per heavy atom. The Balaban J connectivity index is 1.59.